The summed E-state index contributed by atoms with van der Waals surface area (Å²) in [6, 6.07) is 40.9. The van der Waals surface area contributed by atoms with Crippen molar-refractivity contribution in [1.82, 2.24) is 55.2 Å². The van der Waals surface area contributed by atoms with Crippen LogP contribution in [-0.4, -0.2) is 166 Å². The first-order chi connectivity index (χ1) is 65.7. The van der Waals surface area contributed by atoms with Gasteiger partial charge in [-0.15, -0.1) is 82.3 Å². The van der Waals surface area contributed by atoms with E-state index in [0.717, 1.165) is 137 Å². The maximum absolute atomic E-state index is 13.6. The Kier molecular flexibility index (Phi) is 34.6. The molecule has 27 nitrogen and oxygen atoms in total. The number of primary amides is 1. The molecule has 2 amide bonds. The Morgan fingerprint density at radius 1 is 0.451 bits per heavy atom. The van der Waals surface area contributed by atoms with Crippen molar-refractivity contribution in [2.45, 2.75) is 259 Å². The van der Waals surface area contributed by atoms with E-state index in [9.17, 15) is 38.3 Å². The number of aromatic carboxylic acids is 3. The number of ether oxygens (including phenoxy) is 1. The number of halogens is 2. The smallest absolute Gasteiger partial charge is 0.355 e. The van der Waals surface area contributed by atoms with Gasteiger partial charge >= 0.3 is 17.9 Å². The molecule has 750 valence electrons. The molecule has 7 aromatic carbocycles. The van der Waals surface area contributed by atoms with Crippen molar-refractivity contribution in [3.8, 4) is 5.75 Å². The van der Waals surface area contributed by atoms with Gasteiger partial charge in [0, 0.05) is 131 Å². The summed E-state index contributed by atoms with van der Waals surface area (Å²) >= 11 is 18.3. The normalized spacial score (nSPS) is 13.7. The van der Waals surface area contributed by atoms with E-state index in [1.807, 2.05) is 93.6 Å². The molecule has 0 radical (unpaired) electrons. The molecule has 0 unspecified atom stereocenters. The highest BCUT2D eigenvalue weighted by atomic mass is 35.5. The minimum Gasteiger partial charge on any atom is -0.496 e. The molecule has 0 bridgehead atoms. The fourth-order valence-corrected chi connectivity index (χ4v) is 22.8. The number of aromatic nitrogens is 10. The van der Waals surface area contributed by atoms with E-state index in [2.05, 4.69) is 218 Å². The number of nitrogens with two attached hydrogens (primary N) is 5. The number of aryl methyl sites for hydroxylation is 4. The number of pyridine rings is 4. The highest BCUT2D eigenvalue weighted by molar-refractivity contribution is 8.02. The number of nitrogens with one attached hydrogen (secondary N) is 1. The first kappa shape index (κ1) is 111. The van der Waals surface area contributed by atoms with Crippen molar-refractivity contribution in [3.05, 3.63) is 201 Å². The van der Waals surface area contributed by atoms with Crippen LogP contribution in [0.3, 0.4) is 0 Å². The van der Waals surface area contributed by atoms with E-state index in [1.165, 1.54) is 18.2 Å². The summed E-state index contributed by atoms with van der Waals surface area (Å²) in [6.07, 6.45) is 2.22. The molecule has 0 atom stereocenters. The molecule has 36 heteroatoms. The fraction of sp³-hybridized carbons (Fsp3) is 0.377. The number of nitrogens with zero attached hydrogens (tertiary/aromatic N) is 11. The van der Waals surface area contributed by atoms with Crippen LogP contribution < -0.4 is 43.6 Å². The second-order valence-corrected chi connectivity index (χ2v) is 55.2. The highest BCUT2D eigenvalue weighted by Gasteiger charge is 2.51. The van der Waals surface area contributed by atoms with Crippen molar-refractivity contribution < 1.29 is 53.2 Å². The molecule has 1 saturated heterocycles. The van der Waals surface area contributed by atoms with Crippen molar-refractivity contribution in [2.75, 3.05) is 48.8 Å². The molecule has 0 spiro atoms. The summed E-state index contributed by atoms with van der Waals surface area (Å²) < 4.78 is 19.6. The number of carboxylic acids is 3. The lowest BCUT2D eigenvalue weighted by molar-refractivity contribution is 0.0647. The highest BCUT2D eigenvalue weighted by Crippen LogP contribution is 2.48. The van der Waals surface area contributed by atoms with Crippen molar-refractivity contribution in [1.29, 1.82) is 0 Å². The number of methoxy groups -OCH3 is 1. The molecule has 2 fully saturated rings. The molecule has 1 aliphatic carbocycles. The van der Waals surface area contributed by atoms with Crippen LogP contribution in [-0.2, 0) is 0 Å². The molecule has 7 aromatic heterocycles. The van der Waals surface area contributed by atoms with Crippen molar-refractivity contribution in [3.63, 3.8) is 0 Å². The van der Waals surface area contributed by atoms with Gasteiger partial charge in [-0.05, 0) is 156 Å². The van der Waals surface area contributed by atoms with Crippen molar-refractivity contribution >= 4 is 229 Å². The lowest BCUT2D eigenvalue weighted by Gasteiger charge is -2.44. The number of hydrogen-bond acceptors (Lipinski definition) is 29. The molecular weight excluding hydrogens is 1950 g/mol. The molecule has 142 heavy (non-hydrogen) atoms. The lowest BCUT2D eigenvalue weighted by atomic mass is 9.89. The summed E-state index contributed by atoms with van der Waals surface area (Å²) in [7, 11) is 1.64. The van der Waals surface area contributed by atoms with Crippen LogP contribution in [0, 0.1) is 39.4 Å². The van der Waals surface area contributed by atoms with Gasteiger partial charge in [-0.25, -0.2) is 63.6 Å². The van der Waals surface area contributed by atoms with Crippen molar-refractivity contribution in [2.24, 2.45) is 17.4 Å². The third kappa shape index (κ3) is 30.7. The summed E-state index contributed by atoms with van der Waals surface area (Å²) in [4.78, 5) is 121. The largest absolute Gasteiger partial charge is 0.496 e. The maximum atomic E-state index is 13.6. The van der Waals surface area contributed by atoms with E-state index in [0.29, 0.717) is 73.4 Å². The zero-order valence-electron chi connectivity index (χ0n) is 84.9. The van der Waals surface area contributed by atoms with Crippen LogP contribution in [0.25, 0.3) is 76.3 Å². The van der Waals surface area contributed by atoms with E-state index in [4.69, 9.17) is 55.2 Å². The zero-order valence-corrected chi connectivity index (χ0v) is 91.4. The summed E-state index contributed by atoms with van der Waals surface area (Å²) in [5.41, 5.74) is 36.9. The molecule has 17 rings (SSSR count). The number of ketones is 1. The van der Waals surface area contributed by atoms with Gasteiger partial charge in [0.2, 0.25) is 11.7 Å². The molecule has 14 N–H and O–H groups in total. The fourth-order valence-electron chi connectivity index (χ4n) is 15.1. The molecule has 9 heterocycles. The molecule has 14 aromatic rings. The zero-order chi connectivity index (χ0) is 105. The number of fused-ring (bicyclic) bond motifs is 8. The average Bonchev–Trinajstić information content (AvgIpc) is 1.58. The molecule has 1 saturated carbocycles. The number of amides is 2. The van der Waals surface area contributed by atoms with E-state index >= 15 is 0 Å². The SMILES string of the molecule is CC(C)(C)Sc1ccc2c(N3CC(C4(N)CC4)C3)cc(C(=O)O)nc2c1.CC(C)(C)Sc1ccc2cc(C(=O)O)c(C(=O)O)nc2c1.CC(C)(C)Sc1ccc2cc3c(nc2c1)C(=O)CNC3=O.COc1cc(SC(C)(C)C)cc2nc(C)nc(N)c12.Cc1cc(C(N)=O)c2cc(SC(C)(C)C)ccc2n1.Cc1nc(N)c2c(Cl)cc(SC(C)(C)C)cc2n1.Cc1nc(N)c2c(SC(C)(C)C)cc(F)cc2n1. The van der Waals surface area contributed by atoms with Gasteiger partial charge in [0.15, 0.2) is 11.4 Å². The molecule has 3 aliphatic rings. The van der Waals surface area contributed by atoms with E-state index in [-0.39, 0.29) is 79.8 Å². The number of nitrogen functional groups attached to an aromatic ring is 3. The van der Waals surface area contributed by atoms with Gasteiger partial charge in [-0.1, -0.05) is 169 Å². The van der Waals surface area contributed by atoms with Crippen LogP contribution in [0.4, 0.5) is 27.5 Å². The number of thioether (sulfide) groups is 7. The number of carbonyl (C=O) groups excluding carboxylic acids is 3. The maximum Gasteiger partial charge on any atom is 0.355 e. The second-order valence-electron chi connectivity index (χ2n) is 41.5. The van der Waals surface area contributed by atoms with E-state index < -0.39 is 29.5 Å². The van der Waals surface area contributed by atoms with Gasteiger partial charge in [-0.2, -0.15) is 0 Å². The number of carboxylic acid groups (broad SMARTS) is 3. The van der Waals surface area contributed by atoms with Gasteiger partial charge < -0.3 is 58.9 Å². The predicted molar refractivity (Wildman–Crippen MR) is 586 cm³/mol. The minimum atomic E-state index is -1.34. The predicted octanol–water partition coefficient (Wildman–Crippen LogP) is 24.9. The van der Waals surface area contributed by atoms with Gasteiger partial charge in [-0.3, -0.25) is 19.4 Å². The van der Waals surface area contributed by atoms with Crippen LogP contribution in [0.2, 0.25) is 5.02 Å². The Bertz CT molecular complexity index is 7140. The summed E-state index contributed by atoms with van der Waals surface area (Å²) in [5.74, 6) is -0.277. The van der Waals surface area contributed by atoms with Crippen LogP contribution in [0.1, 0.15) is 244 Å². The lowest BCUT2D eigenvalue weighted by Crippen LogP contribution is -2.56. The number of rotatable bonds is 14. The Labute approximate surface area is 862 Å². The third-order valence-electron chi connectivity index (χ3n) is 20.7. The monoisotopic (exact) mass is 2070 g/mol. The number of hydrogen-bond donors (Lipinski definition) is 9. The first-order valence-corrected chi connectivity index (χ1v) is 51.9. The van der Waals surface area contributed by atoms with Crippen LogP contribution in [0.15, 0.2) is 168 Å². The quantitative estimate of drug-likeness (QED) is 0.0457. The summed E-state index contributed by atoms with van der Waals surface area (Å²) in [5, 5.41) is 36.4. The van der Waals surface area contributed by atoms with Crippen LogP contribution in [0.5, 0.6) is 5.75 Å². The number of Topliss-reactive ketones (excluding diaryl/α,β-unsaturated/α-hetero) is 1. The summed E-state index contributed by atoms with van der Waals surface area (Å²) in [6.45, 7) is 53.9. The second kappa shape index (κ2) is 44.2. The Morgan fingerprint density at radius 3 is 1.38 bits per heavy atom. The first-order valence-electron chi connectivity index (χ1n) is 45.8. The average molecular weight is 2080 g/mol. The Morgan fingerprint density at radius 2 is 0.894 bits per heavy atom. The van der Waals surface area contributed by atoms with Gasteiger partial charge in [0.25, 0.3) is 5.91 Å². The number of carbonyl (C=O) groups is 6. The third-order valence-corrected chi connectivity index (χ3v) is 28.8. The molecule has 2 aliphatic heterocycles. The van der Waals surface area contributed by atoms with Gasteiger partial charge in [0.1, 0.15) is 52.2 Å². The Hall–Kier alpha value is -11.2. The molecular formula is C106H125ClFN17O10S7. The number of anilines is 4. The van der Waals surface area contributed by atoms with Gasteiger partial charge in [0.05, 0.1) is 90.1 Å². The minimum absolute atomic E-state index is 0.0182. The van der Waals surface area contributed by atoms with Crippen LogP contribution >= 0.6 is 93.9 Å². The topological polar surface area (TPSA) is 447 Å². The number of benzene rings is 7. The van der Waals surface area contributed by atoms with E-state index in [1.54, 1.807) is 127 Å². The standard InChI is InChI=1S/C20H25N3O2S.C16H16N2O2S.C15H18N2OS.C15H15NO4S.C14H19N3OS.C13H16ClN3S.C13H16FN3S/c1-19(2,3)26-13-4-5-14-15(8-13)22-16(18(24)25)9-17(14)23-10-12(11-23)20(21)6-7-20;1-16(2,3)21-10-5-4-9-6-11-14(18-12(9)7-10)13(19)8-17-15(11)20;1-9-7-12(14(16)18)11-8-10(19-15(2,3)4)5-6-13(11)17-9;1-15(2,3)21-9-5-4-8-6-10(13(17)18)12(14(19)20)16-11(8)7-9;1-8-16-10-6-9(19-14(2,3)4)7-11(18-5)12(10)13(15)17-8;1-7-16-10-6-8(18-13(2,3)4)5-9(14)11(10)12(15)17-7;1-7-16-9-5-8(14)6-10(18-13(2,3)4)11(9)12(15)17-7/h4-5,8-9,12H,6-7,10-11,21H2,1-3H3,(H,24,25);4-7H,8H2,1-3H3,(H,17,20);5-8H,1-4H3,(H2,16,18);4-7H,1-3H3,(H,17,18)(H,19,20);6-7H,1-5H3,(H2,15,16,17);2*5-6H,1-4H3,(H2,15,16,17). The Balaban J connectivity index is 0.000000159.